The fraction of sp³-hybridized carbons (Fsp3) is 0.320. The maximum absolute atomic E-state index is 12.7. The lowest BCUT2D eigenvalue weighted by atomic mass is 9.95. The summed E-state index contributed by atoms with van der Waals surface area (Å²) in [6, 6.07) is 19.6. The Morgan fingerprint density at radius 2 is 1.72 bits per heavy atom. The van der Waals surface area contributed by atoms with Gasteiger partial charge in [-0.15, -0.1) is 10.2 Å². The number of amides is 1. The van der Waals surface area contributed by atoms with Crippen molar-refractivity contribution < 1.29 is 9.53 Å². The van der Waals surface area contributed by atoms with E-state index in [1.54, 1.807) is 7.11 Å². The number of nitrogens with one attached hydrogen (secondary N) is 1. The number of ether oxygens (including phenoxy) is 1. The standard InChI is InChI=1S/C25H29N5O2/c1-29(2)20-10-8-19(9-11-20)26-25(31)18-14-16-30(17-15-18)24-13-12-22(27-28-24)21-6-4-5-7-23(21)32-3/h4-13,18H,14-17H2,1-3H3,(H,26,31). The molecule has 1 saturated heterocycles. The number of para-hydroxylation sites is 1. The van der Waals surface area contributed by atoms with E-state index in [1.807, 2.05) is 79.7 Å². The Morgan fingerprint density at radius 1 is 1.00 bits per heavy atom. The first-order valence-corrected chi connectivity index (χ1v) is 10.9. The van der Waals surface area contributed by atoms with Gasteiger partial charge in [0, 0.05) is 50.0 Å². The van der Waals surface area contributed by atoms with Crippen LogP contribution < -0.4 is 19.9 Å². The molecule has 3 aromatic rings. The van der Waals surface area contributed by atoms with Crippen LogP contribution in [0.2, 0.25) is 0 Å². The number of aromatic nitrogens is 2. The topological polar surface area (TPSA) is 70.6 Å². The molecule has 4 rings (SSSR count). The average Bonchev–Trinajstić information content (AvgIpc) is 2.84. The maximum Gasteiger partial charge on any atom is 0.227 e. The SMILES string of the molecule is COc1ccccc1-c1ccc(N2CCC(C(=O)Nc3ccc(N(C)C)cc3)CC2)nn1. The molecule has 0 radical (unpaired) electrons. The molecule has 32 heavy (non-hydrogen) atoms. The smallest absolute Gasteiger partial charge is 0.227 e. The largest absolute Gasteiger partial charge is 0.496 e. The summed E-state index contributed by atoms with van der Waals surface area (Å²) in [6.45, 7) is 1.56. The van der Waals surface area contributed by atoms with E-state index in [4.69, 9.17) is 4.74 Å². The Labute approximate surface area is 189 Å². The van der Waals surface area contributed by atoms with E-state index in [9.17, 15) is 4.79 Å². The molecule has 0 aliphatic carbocycles. The number of methoxy groups -OCH3 is 1. The van der Waals surface area contributed by atoms with E-state index in [1.165, 1.54) is 0 Å². The molecular weight excluding hydrogens is 402 g/mol. The van der Waals surface area contributed by atoms with Gasteiger partial charge in [-0.2, -0.15) is 0 Å². The molecular formula is C25H29N5O2. The third kappa shape index (κ3) is 4.82. The number of hydrogen-bond acceptors (Lipinski definition) is 6. The number of carbonyl (C=O) groups excluding carboxylic acids is 1. The minimum atomic E-state index is 0.000544. The van der Waals surface area contributed by atoms with Crippen molar-refractivity contribution in [3.8, 4) is 17.0 Å². The molecule has 0 atom stereocenters. The lowest BCUT2D eigenvalue weighted by Gasteiger charge is -2.31. The number of nitrogens with zero attached hydrogens (tertiary/aromatic N) is 4. The Bertz CT molecular complexity index is 1040. The van der Waals surface area contributed by atoms with Crippen LogP contribution in [0.5, 0.6) is 5.75 Å². The molecule has 7 heteroatoms. The first kappa shape index (κ1) is 21.6. The normalized spacial score (nSPS) is 14.2. The van der Waals surface area contributed by atoms with E-state index in [-0.39, 0.29) is 11.8 Å². The number of carbonyl (C=O) groups is 1. The molecule has 1 amide bonds. The predicted octanol–water partition coefficient (Wildman–Crippen LogP) is 4.07. The summed E-state index contributed by atoms with van der Waals surface area (Å²) in [6.07, 6.45) is 1.58. The van der Waals surface area contributed by atoms with Gasteiger partial charge in [0.05, 0.1) is 12.8 Å². The van der Waals surface area contributed by atoms with Crippen molar-refractivity contribution >= 4 is 23.1 Å². The van der Waals surface area contributed by atoms with Crippen LogP contribution in [0.4, 0.5) is 17.2 Å². The zero-order chi connectivity index (χ0) is 22.5. The van der Waals surface area contributed by atoms with E-state index in [0.29, 0.717) is 0 Å². The van der Waals surface area contributed by atoms with Crippen molar-refractivity contribution in [3.63, 3.8) is 0 Å². The molecule has 1 fully saturated rings. The summed E-state index contributed by atoms with van der Waals surface area (Å²) in [7, 11) is 5.65. The summed E-state index contributed by atoms with van der Waals surface area (Å²) in [5.41, 5.74) is 3.64. The molecule has 1 N–H and O–H groups in total. The van der Waals surface area contributed by atoms with Crippen LogP contribution >= 0.6 is 0 Å². The summed E-state index contributed by atoms with van der Waals surface area (Å²) in [4.78, 5) is 16.9. The van der Waals surface area contributed by atoms with Gasteiger partial charge in [-0.25, -0.2) is 0 Å². The van der Waals surface area contributed by atoms with Gasteiger partial charge in [-0.3, -0.25) is 4.79 Å². The molecule has 0 bridgehead atoms. The Balaban J connectivity index is 1.33. The van der Waals surface area contributed by atoms with Crippen molar-refractivity contribution in [3.05, 3.63) is 60.7 Å². The highest BCUT2D eigenvalue weighted by atomic mass is 16.5. The van der Waals surface area contributed by atoms with Crippen molar-refractivity contribution in [2.45, 2.75) is 12.8 Å². The molecule has 7 nitrogen and oxygen atoms in total. The van der Waals surface area contributed by atoms with Gasteiger partial charge in [0.25, 0.3) is 0 Å². The fourth-order valence-corrected chi connectivity index (χ4v) is 3.95. The van der Waals surface area contributed by atoms with Gasteiger partial charge >= 0.3 is 0 Å². The average molecular weight is 432 g/mol. The molecule has 1 aliphatic heterocycles. The first-order chi connectivity index (χ1) is 15.5. The second kappa shape index (κ2) is 9.68. The third-order valence-corrected chi connectivity index (χ3v) is 5.87. The minimum absolute atomic E-state index is 0.000544. The van der Waals surface area contributed by atoms with Crippen LogP contribution in [0, 0.1) is 5.92 Å². The van der Waals surface area contributed by atoms with Crippen LogP contribution in [-0.2, 0) is 4.79 Å². The van der Waals surface area contributed by atoms with Crippen LogP contribution in [0.25, 0.3) is 11.3 Å². The highest BCUT2D eigenvalue weighted by molar-refractivity contribution is 5.92. The number of rotatable bonds is 6. The van der Waals surface area contributed by atoms with Crippen molar-refractivity contribution in [2.75, 3.05) is 49.4 Å². The Morgan fingerprint density at radius 3 is 2.34 bits per heavy atom. The first-order valence-electron chi connectivity index (χ1n) is 10.9. The highest BCUT2D eigenvalue weighted by Crippen LogP contribution is 2.29. The second-order valence-electron chi connectivity index (χ2n) is 8.17. The minimum Gasteiger partial charge on any atom is -0.496 e. The monoisotopic (exact) mass is 431 g/mol. The number of anilines is 3. The fourth-order valence-electron chi connectivity index (χ4n) is 3.95. The van der Waals surface area contributed by atoms with E-state index in [2.05, 4.69) is 20.4 Å². The number of benzene rings is 2. The molecule has 1 aromatic heterocycles. The summed E-state index contributed by atoms with van der Waals surface area (Å²) < 4.78 is 5.42. The Hall–Kier alpha value is -3.61. The van der Waals surface area contributed by atoms with Gasteiger partial charge < -0.3 is 19.9 Å². The van der Waals surface area contributed by atoms with E-state index in [0.717, 1.165) is 60.1 Å². The Kier molecular flexibility index (Phi) is 6.54. The molecule has 1 aliphatic rings. The van der Waals surface area contributed by atoms with Crippen molar-refractivity contribution in [1.82, 2.24) is 10.2 Å². The third-order valence-electron chi connectivity index (χ3n) is 5.87. The molecule has 2 heterocycles. The zero-order valence-electron chi connectivity index (χ0n) is 18.8. The maximum atomic E-state index is 12.7. The zero-order valence-corrected chi connectivity index (χ0v) is 18.8. The van der Waals surface area contributed by atoms with Gasteiger partial charge in [-0.1, -0.05) is 12.1 Å². The lowest BCUT2D eigenvalue weighted by Crippen LogP contribution is -2.38. The van der Waals surface area contributed by atoms with Crippen LogP contribution in [0.3, 0.4) is 0 Å². The van der Waals surface area contributed by atoms with Crippen LogP contribution in [0.1, 0.15) is 12.8 Å². The van der Waals surface area contributed by atoms with Gasteiger partial charge in [-0.05, 0) is 61.4 Å². The number of piperidine rings is 1. The lowest BCUT2D eigenvalue weighted by molar-refractivity contribution is -0.120. The van der Waals surface area contributed by atoms with Crippen LogP contribution in [0.15, 0.2) is 60.7 Å². The van der Waals surface area contributed by atoms with Gasteiger partial charge in [0.1, 0.15) is 5.75 Å². The quantitative estimate of drug-likeness (QED) is 0.634. The van der Waals surface area contributed by atoms with Crippen molar-refractivity contribution in [1.29, 1.82) is 0 Å². The number of hydrogen-bond donors (Lipinski definition) is 1. The van der Waals surface area contributed by atoms with Gasteiger partial charge in [0.2, 0.25) is 5.91 Å². The summed E-state index contributed by atoms with van der Waals surface area (Å²) in [5, 5.41) is 11.9. The predicted molar refractivity (Wildman–Crippen MR) is 128 cm³/mol. The molecule has 2 aromatic carbocycles. The molecule has 0 unspecified atom stereocenters. The highest BCUT2D eigenvalue weighted by Gasteiger charge is 2.26. The summed E-state index contributed by atoms with van der Waals surface area (Å²) in [5.74, 6) is 1.69. The molecule has 0 saturated carbocycles. The van der Waals surface area contributed by atoms with Crippen molar-refractivity contribution in [2.24, 2.45) is 5.92 Å². The summed E-state index contributed by atoms with van der Waals surface area (Å²) >= 11 is 0. The second-order valence-corrected chi connectivity index (χ2v) is 8.17. The van der Waals surface area contributed by atoms with Gasteiger partial charge in [0.15, 0.2) is 5.82 Å². The molecule has 166 valence electrons. The van der Waals surface area contributed by atoms with Crippen LogP contribution in [-0.4, -0.2) is 50.4 Å². The van der Waals surface area contributed by atoms with E-state index < -0.39 is 0 Å². The van der Waals surface area contributed by atoms with E-state index >= 15 is 0 Å². The molecule has 0 spiro atoms.